The Labute approximate surface area is 233 Å². The van der Waals surface area contributed by atoms with Crippen molar-refractivity contribution < 1.29 is 26.4 Å². The molecule has 2 N–H and O–H groups in total. The van der Waals surface area contributed by atoms with E-state index in [0.717, 1.165) is 63.9 Å². The summed E-state index contributed by atoms with van der Waals surface area (Å²) in [5, 5.41) is 11.8. The molecule has 216 valence electrons. The van der Waals surface area contributed by atoms with Crippen molar-refractivity contribution >= 4 is 27.3 Å². The Hall–Kier alpha value is -3.14. The van der Waals surface area contributed by atoms with Gasteiger partial charge in [0.05, 0.1) is 22.1 Å². The molecule has 1 amide bonds. The number of alkyl halides is 3. The quantitative estimate of drug-likeness (QED) is 0.476. The second-order valence-corrected chi connectivity index (χ2v) is 12.3. The second-order valence-electron chi connectivity index (χ2n) is 10.5. The van der Waals surface area contributed by atoms with Gasteiger partial charge < -0.3 is 10.2 Å². The van der Waals surface area contributed by atoms with Crippen LogP contribution in [0.2, 0.25) is 0 Å². The fourth-order valence-corrected chi connectivity index (χ4v) is 6.70. The molecule has 2 aromatic carbocycles. The average Bonchev–Trinajstić information content (AvgIpc) is 2.92. The van der Waals surface area contributed by atoms with Crippen LogP contribution >= 0.6 is 0 Å². The average molecular weight is 578 g/mol. The van der Waals surface area contributed by atoms with Crippen LogP contribution in [0.3, 0.4) is 0 Å². The molecular formula is C28H34F3N5O3S. The van der Waals surface area contributed by atoms with Gasteiger partial charge in [-0.25, -0.2) is 13.1 Å². The van der Waals surface area contributed by atoms with Gasteiger partial charge in [0.25, 0.3) is 0 Å². The molecule has 0 unspecified atom stereocenters. The molecule has 1 saturated carbocycles. The lowest BCUT2D eigenvalue weighted by molar-refractivity contribution is -0.137. The van der Waals surface area contributed by atoms with Crippen molar-refractivity contribution in [3.63, 3.8) is 0 Å². The van der Waals surface area contributed by atoms with Gasteiger partial charge in [-0.15, -0.1) is 0 Å². The van der Waals surface area contributed by atoms with Crippen LogP contribution in [0.15, 0.2) is 47.4 Å². The molecule has 2 fully saturated rings. The van der Waals surface area contributed by atoms with Crippen LogP contribution in [0.5, 0.6) is 0 Å². The number of hydrogen-bond donors (Lipinski definition) is 2. The fraction of sp³-hybridized carbons (Fsp3) is 0.500. The summed E-state index contributed by atoms with van der Waals surface area (Å²) in [4.78, 5) is 15.5. The first kappa shape index (κ1) is 29.8. The Kier molecular flexibility index (Phi) is 9.38. The van der Waals surface area contributed by atoms with Crippen molar-refractivity contribution in [2.75, 3.05) is 42.9 Å². The van der Waals surface area contributed by atoms with Crippen LogP contribution < -0.4 is 14.9 Å². The number of halogens is 3. The Balaban J connectivity index is 1.20. The van der Waals surface area contributed by atoms with Gasteiger partial charge in [-0.1, -0.05) is 0 Å². The molecule has 0 spiro atoms. The molecule has 0 bridgehead atoms. The van der Waals surface area contributed by atoms with Gasteiger partial charge >= 0.3 is 6.18 Å². The van der Waals surface area contributed by atoms with Gasteiger partial charge in [-0.2, -0.15) is 18.4 Å². The number of hydrogen-bond acceptors (Lipinski definition) is 6. The van der Waals surface area contributed by atoms with Crippen LogP contribution in [0, 0.1) is 17.2 Å². The zero-order valence-corrected chi connectivity index (χ0v) is 23.2. The van der Waals surface area contributed by atoms with E-state index in [9.17, 15) is 26.4 Å². The summed E-state index contributed by atoms with van der Waals surface area (Å²) in [5.41, 5.74) is 0.166. The summed E-state index contributed by atoms with van der Waals surface area (Å²) < 4.78 is 68.1. The van der Waals surface area contributed by atoms with E-state index in [4.69, 9.17) is 5.26 Å². The second kappa shape index (κ2) is 12.6. The van der Waals surface area contributed by atoms with Gasteiger partial charge in [0, 0.05) is 50.5 Å². The van der Waals surface area contributed by atoms with Gasteiger partial charge in [0.1, 0.15) is 0 Å². The number of nitriles is 1. The standard InChI is InChI=1S/C28H34F3N5O3S/c1-20(37)33-24-6-8-27(9-7-24)40(38,39)34-25-4-2-21(3-5-25)10-11-35-12-14-36(15-13-35)26-17-22(19-32)16-23(18-26)28(29,30)31/h6-9,16-18,21,25,34H,2-5,10-15H2,1H3,(H,33,37). The third-order valence-corrected chi connectivity index (χ3v) is 9.16. The van der Waals surface area contributed by atoms with E-state index in [1.807, 2.05) is 11.0 Å². The molecule has 0 atom stereocenters. The van der Waals surface area contributed by atoms with Crippen LogP contribution in [-0.4, -0.2) is 58.0 Å². The predicted molar refractivity (Wildman–Crippen MR) is 146 cm³/mol. The minimum atomic E-state index is -4.50. The highest BCUT2D eigenvalue weighted by Crippen LogP contribution is 2.33. The van der Waals surface area contributed by atoms with Gasteiger partial charge in [0.2, 0.25) is 15.9 Å². The molecule has 2 aromatic rings. The maximum Gasteiger partial charge on any atom is 0.416 e. The Morgan fingerprint density at radius 3 is 2.25 bits per heavy atom. The molecule has 1 aliphatic heterocycles. The van der Waals surface area contributed by atoms with Crippen LogP contribution in [0.1, 0.15) is 50.2 Å². The highest BCUT2D eigenvalue weighted by Gasteiger charge is 2.32. The SMILES string of the molecule is CC(=O)Nc1ccc(S(=O)(=O)NC2CCC(CCN3CCN(c4cc(C#N)cc(C(F)(F)F)c4)CC3)CC2)cc1. The lowest BCUT2D eigenvalue weighted by Crippen LogP contribution is -2.47. The number of nitrogens with one attached hydrogen (secondary N) is 2. The number of nitrogens with zero attached hydrogens (tertiary/aromatic N) is 3. The largest absolute Gasteiger partial charge is 0.416 e. The zero-order chi connectivity index (χ0) is 28.9. The number of amides is 1. The van der Waals surface area contributed by atoms with Crippen molar-refractivity contribution in [2.24, 2.45) is 5.92 Å². The van der Waals surface area contributed by atoms with Crippen LogP contribution in [0.4, 0.5) is 24.5 Å². The summed E-state index contributed by atoms with van der Waals surface area (Å²) in [6.45, 7) is 4.92. The van der Waals surface area contributed by atoms with Crippen molar-refractivity contribution in [1.29, 1.82) is 5.26 Å². The van der Waals surface area contributed by atoms with E-state index in [-0.39, 0.29) is 22.4 Å². The number of piperazine rings is 1. The summed E-state index contributed by atoms with van der Waals surface area (Å²) in [7, 11) is -3.65. The molecule has 12 heteroatoms. The molecule has 4 rings (SSSR count). The molecule has 40 heavy (non-hydrogen) atoms. The minimum Gasteiger partial charge on any atom is -0.369 e. The number of rotatable bonds is 8. The molecule has 8 nitrogen and oxygen atoms in total. The fourth-order valence-electron chi connectivity index (χ4n) is 5.39. The van der Waals surface area contributed by atoms with Crippen molar-refractivity contribution in [3.05, 3.63) is 53.6 Å². The number of anilines is 2. The molecule has 1 aliphatic carbocycles. The first-order valence-corrected chi connectivity index (χ1v) is 14.9. The van der Waals surface area contributed by atoms with Crippen molar-refractivity contribution in [1.82, 2.24) is 9.62 Å². The summed E-state index contributed by atoms with van der Waals surface area (Å²) in [5.74, 6) is 0.273. The molecule has 1 saturated heterocycles. The van der Waals surface area contributed by atoms with Crippen molar-refractivity contribution in [2.45, 2.75) is 56.1 Å². The number of sulfonamides is 1. The summed E-state index contributed by atoms with van der Waals surface area (Å²) >= 11 is 0. The smallest absolute Gasteiger partial charge is 0.369 e. The predicted octanol–water partition coefficient (Wildman–Crippen LogP) is 4.58. The highest BCUT2D eigenvalue weighted by molar-refractivity contribution is 7.89. The van der Waals surface area contributed by atoms with Crippen molar-refractivity contribution in [3.8, 4) is 6.07 Å². The number of carbonyl (C=O) groups excluding carboxylic acids is 1. The minimum absolute atomic E-state index is 0.00465. The maximum atomic E-state index is 13.2. The Bertz CT molecular complexity index is 1330. The summed E-state index contributed by atoms with van der Waals surface area (Å²) in [6.07, 6.45) is -0.128. The lowest BCUT2D eigenvalue weighted by atomic mass is 9.84. The molecule has 0 radical (unpaired) electrons. The van der Waals surface area contributed by atoms with Gasteiger partial charge in [-0.3, -0.25) is 9.69 Å². The van der Waals surface area contributed by atoms with E-state index >= 15 is 0 Å². The summed E-state index contributed by atoms with van der Waals surface area (Å²) in [6, 6.07) is 11.3. The third-order valence-electron chi connectivity index (χ3n) is 7.62. The number of benzene rings is 2. The van der Waals surface area contributed by atoms with Crippen LogP contribution in [0.25, 0.3) is 0 Å². The Morgan fingerprint density at radius 2 is 1.68 bits per heavy atom. The van der Waals surface area contributed by atoms with Gasteiger partial charge in [-0.05, 0) is 87.0 Å². The highest BCUT2D eigenvalue weighted by atomic mass is 32.2. The normalized spacial score (nSPS) is 20.6. The monoisotopic (exact) mass is 577 g/mol. The van der Waals surface area contributed by atoms with Crippen LogP contribution in [-0.2, 0) is 21.0 Å². The molecule has 0 aromatic heterocycles. The topological polar surface area (TPSA) is 106 Å². The first-order chi connectivity index (χ1) is 18.9. The first-order valence-electron chi connectivity index (χ1n) is 13.4. The lowest BCUT2D eigenvalue weighted by Gasteiger charge is -2.37. The zero-order valence-electron chi connectivity index (χ0n) is 22.4. The Morgan fingerprint density at radius 1 is 1.02 bits per heavy atom. The molecule has 2 aliphatic rings. The molecule has 1 heterocycles. The van der Waals surface area contributed by atoms with E-state index < -0.39 is 21.8 Å². The van der Waals surface area contributed by atoms with E-state index in [2.05, 4.69) is 14.9 Å². The number of carbonyl (C=O) groups is 1. The third kappa shape index (κ3) is 7.96. The van der Waals surface area contributed by atoms with E-state index in [1.54, 1.807) is 12.1 Å². The molecular weight excluding hydrogens is 543 g/mol. The van der Waals surface area contributed by atoms with Gasteiger partial charge in [0.15, 0.2) is 0 Å². The maximum absolute atomic E-state index is 13.2. The van der Waals surface area contributed by atoms with E-state index in [1.165, 1.54) is 25.1 Å². The van der Waals surface area contributed by atoms with E-state index in [0.29, 0.717) is 30.4 Å².